The zero-order valence-electron chi connectivity index (χ0n) is 12.9. The summed E-state index contributed by atoms with van der Waals surface area (Å²) in [6.07, 6.45) is -2.09. The highest BCUT2D eigenvalue weighted by atomic mass is 19.4. The lowest BCUT2D eigenvalue weighted by atomic mass is 10.1. The van der Waals surface area contributed by atoms with Gasteiger partial charge in [0.1, 0.15) is 11.3 Å². The first-order valence-electron chi connectivity index (χ1n) is 7.41. The molecule has 0 fully saturated rings. The molecule has 0 saturated heterocycles. The van der Waals surface area contributed by atoms with Gasteiger partial charge in [-0.05, 0) is 24.3 Å². The highest BCUT2D eigenvalue weighted by Crippen LogP contribution is 2.31. The fourth-order valence-electron chi connectivity index (χ4n) is 2.49. The molecule has 0 aliphatic rings. The van der Waals surface area contributed by atoms with Crippen LogP contribution in [0.4, 0.5) is 13.2 Å². The fourth-order valence-corrected chi connectivity index (χ4v) is 2.49. The van der Waals surface area contributed by atoms with Crippen LogP contribution in [0, 0.1) is 0 Å². The maximum Gasteiger partial charge on any atom is 0.416 e. The van der Waals surface area contributed by atoms with Crippen LogP contribution in [-0.4, -0.2) is 20.1 Å². The molecule has 0 saturated carbocycles. The van der Waals surface area contributed by atoms with Crippen LogP contribution >= 0.6 is 0 Å². The number of benzene rings is 1. The van der Waals surface area contributed by atoms with Gasteiger partial charge in [0.15, 0.2) is 0 Å². The fraction of sp³-hybridized carbons (Fsp3) is 0.0588. The van der Waals surface area contributed by atoms with E-state index in [9.17, 15) is 18.0 Å². The Morgan fingerprint density at radius 3 is 2.73 bits per heavy atom. The maximum absolute atomic E-state index is 12.8. The van der Waals surface area contributed by atoms with Gasteiger partial charge < -0.3 is 9.51 Å². The van der Waals surface area contributed by atoms with Gasteiger partial charge in [0, 0.05) is 23.3 Å². The number of H-pyrrole nitrogens is 1. The van der Waals surface area contributed by atoms with E-state index in [4.69, 9.17) is 4.52 Å². The molecule has 4 aromatic rings. The number of hydrogen-bond acceptors (Lipinski definition) is 5. The second-order valence-corrected chi connectivity index (χ2v) is 5.43. The molecule has 0 amide bonds. The Morgan fingerprint density at radius 2 is 1.92 bits per heavy atom. The van der Waals surface area contributed by atoms with Crippen molar-refractivity contribution in [3.63, 3.8) is 0 Å². The first-order valence-corrected chi connectivity index (χ1v) is 7.41. The number of nitrogens with one attached hydrogen (secondary N) is 1. The lowest BCUT2D eigenvalue weighted by molar-refractivity contribution is -0.137. The number of hydrogen-bond donors (Lipinski definition) is 1. The van der Waals surface area contributed by atoms with Gasteiger partial charge in [0.2, 0.25) is 11.3 Å². The Morgan fingerprint density at radius 1 is 1.12 bits per heavy atom. The van der Waals surface area contributed by atoms with E-state index < -0.39 is 11.7 Å². The standard InChI is InChI=1S/C17H9F3N4O2/c18-17(19,20)9-5-6-21-13(7-9)15-23-16(26-24-15)11-8-22-12-4-2-1-3-10(12)14(11)25/h1-8H,(H,22,25). The molecule has 26 heavy (non-hydrogen) atoms. The number of aromatic amines is 1. The van der Waals surface area contributed by atoms with Gasteiger partial charge >= 0.3 is 6.18 Å². The second kappa shape index (κ2) is 5.80. The summed E-state index contributed by atoms with van der Waals surface area (Å²) < 4.78 is 43.5. The van der Waals surface area contributed by atoms with E-state index in [0.717, 1.165) is 18.3 Å². The van der Waals surface area contributed by atoms with Crippen LogP contribution in [0.25, 0.3) is 33.9 Å². The third-order valence-electron chi connectivity index (χ3n) is 3.76. The Balaban J connectivity index is 1.78. The van der Waals surface area contributed by atoms with Crippen molar-refractivity contribution in [1.29, 1.82) is 0 Å². The minimum atomic E-state index is -4.51. The monoisotopic (exact) mass is 358 g/mol. The summed E-state index contributed by atoms with van der Waals surface area (Å²) in [6, 6.07) is 8.54. The highest BCUT2D eigenvalue weighted by molar-refractivity contribution is 5.81. The molecule has 4 rings (SSSR count). The van der Waals surface area contributed by atoms with Crippen molar-refractivity contribution in [3.05, 3.63) is 64.6 Å². The van der Waals surface area contributed by atoms with E-state index in [1.807, 2.05) is 0 Å². The van der Waals surface area contributed by atoms with Crippen LogP contribution in [-0.2, 0) is 6.18 Å². The normalized spacial score (nSPS) is 11.8. The Labute approximate surface area is 143 Å². The van der Waals surface area contributed by atoms with Gasteiger partial charge in [-0.2, -0.15) is 18.2 Å². The zero-order chi connectivity index (χ0) is 18.3. The maximum atomic E-state index is 12.8. The van der Waals surface area contributed by atoms with Crippen molar-refractivity contribution >= 4 is 10.9 Å². The molecule has 0 atom stereocenters. The molecule has 3 heterocycles. The van der Waals surface area contributed by atoms with Crippen molar-refractivity contribution in [2.45, 2.75) is 6.18 Å². The second-order valence-electron chi connectivity index (χ2n) is 5.43. The third kappa shape index (κ3) is 2.73. The summed E-state index contributed by atoms with van der Waals surface area (Å²) in [7, 11) is 0. The van der Waals surface area contributed by atoms with Gasteiger partial charge in [-0.25, -0.2) is 0 Å². The summed E-state index contributed by atoms with van der Waals surface area (Å²) >= 11 is 0. The first-order chi connectivity index (χ1) is 12.4. The van der Waals surface area contributed by atoms with Crippen LogP contribution in [0.5, 0.6) is 0 Å². The molecule has 0 aliphatic heterocycles. The molecule has 3 aromatic heterocycles. The molecule has 0 aliphatic carbocycles. The number of alkyl halides is 3. The van der Waals surface area contributed by atoms with E-state index in [1.165, 1.54) is 6.20 Å². The zero-order valence-corrected chi connectivity index (χ0v) is 12.9. The van der Waals surface area contributed by atoms with E-state index in [2.05, 4.69) is 20.1 Å². The average Bonchev–Trinajstić information content (AvgIpc) is 3.11. The summed E-state index contributed by atoms with van der Waals surface area (Å²) in [4.78, 5) is 23.3. The minimum absolute atomic E-state index is 0.105. The highest BCUT2D eigenvalue weighted by Gasteiger charge is 2.31. The molecule has 1 aromatic carbocycles. The van der Waals surface area contributed by atoms with Crippen LogP contribution < -0.4 is 5.43 Å². The molecule has 1 N–H and O–H groups in total. The van der Waals surface area contributed by atoms with Crippen LogP contribution in [0.3, 0.4) is 0 Å². The summed E-state index contributed by atoms with van der Waals surface area (Å²) in [5, 5.41) is 4.07. The van der Waals surface area contributed by atoms with Gasteiger partial charge in [-0.1, -0.05) is 17.3 Å². The molecule has 0 bridgehead atoms. The predicted molar refractivity (Wildman–Crippen MR) is 86.1 cm³/mol. The molecule has 0 unspecified atom stereocenters. The number of pyridine rings is 2. The van der Waals surface area contributed by atoms with Crippen molar-refractivity contribution in [1.82, 2.24) is 20.1 Å². The number of aromatic nitrogens is 4. The number of para-hydroxylation sites is 1. The number of nitrogens with zero attached hydrogens (tertiary/aromatic N) is 3. The number of fused-ring (bicyclic) bond motifs is 1. The predicted octanol–water partition coefficient (Wildman–Crippen LogP) is 3.66. The molecular weight excluding hydrogens is 349 g/mol. The molecule has 6 nitrogen and oxygen atoms in total. The van der Waals surface area contributed by atoms with Crippen molar-refractivity contribution < 1.29 is 17.7 Å². The number of rotatable bonds is 2. The minimum Gasteiger partial charge on any atom is -0.360 e. The number of halogens is 3. The lowest BCUT2D eigenvalue weighted by Gasteiger charge is -2.05. The third-order valence-corrected chi connectivity index (χ3v) is 3.76. The van der Waals surface area contributed by atoms with Gasteiger partial charge in [-0.3, -0.25) is 9.78 Å². The quantitative estimate of drug-likeness (QED) is 0.591. The average molecular weight is 358 g/mol. The smallest absolute Gasteiger partial charge is 0.360 e. The molecule has 0 spiro atoms. The van der Waals surface area contributed by atoms with Crippen molar-refractivity contribution in [2.75, 3.05) is 0 Å². The summed E-state index contributed by atoms with van der Waals surface area (Å²) in [5.41, 5.74) is -0.550. The van der Waals surface area contributed by atoms with Gasteiger partial charge in [0.25, 0.3) is 5.89 Å². The van der Waals surface area contributed by atoms with Crippen molar-refractivity contribution in [2.24, 2.45) is 0 Å². The SMILES string of the molecule is O=c1c(-c2nc(-c3cc(C(F)(F)F)ccn3)no2)c[nH]c2ccccc12. The van der Waals surface area contributed by atoms with Crippen LogP contribution in [0.15, 0.2) is 58.1 Å². The molecular formula is C17H9F3N4O2. The topological polar surface area (TPSA) is 84.7 Å². The van der Waals surface area contributed by atoms with Gasteiger partial charge in [0.05, 0.1) is 5.56 Å². The molecule has 9 heteroatoms. The molecule has 0 radical (unpaired) electrons. The van der Waals surface area contributed by atoms with E-state index in [-0.39, 0.29) is 28.4 Å². The van der Waals surface area contributed by atoms with Crippen LogP contribution in [0.1, 0.15) is 5.56 Å². The van der Waals surface area contributed by atoms with E-state index in [1.54, 1.807) is 24.3 Å². The Hall–Kier alpha value is -3.49. The van der Waals surface area contributed by atoms with Gasteiger partial charge in [-0.15, -0.1) is 0 Å². The summed E-state index contributed by atoms with van der Waals surface area (Å²) in [5.74, 6) is -0.245. The summed E-state index contributed by atoms with van der Waals surface area (Å²) in [6.45, 7) is 0. The largest absolute Gasteiger partial charge is 0.416 e. The van der Waals surface area contributed by atoms with Crippen LogP contribution in [0.2, 0.25) is 0 Å². The first kappa shape index (κ1) is 16.0. The lowest BCUT2D eigenvalue weighted by Crippen LogP contribution is -2.06. The Bertz CT molecular complexity index is 1160. The Kier molecular flexibility index (Phi) is 3.57. The van der Waals surface area contributed by atoms with E-state index >= 15 is 0 Å². The molecule has 130 valence electrons. The van der Waals surface area contributed by atoms with Crippen molar-refractivity contribution in [3.8, 4) is 23.0 Å². The van der Waals surface area contributed by atoms with E-state index in [0.29, 0.717) is 10.9 Å².